The molecule has 18 heavy (non-hydrogen) atoms. The second-order valence-corrected chi connectivity index (χ2v) is 6.13. The van der Waals surface area contributed by atoms with Gasteiger partial charge in [-0.05, 0) is 51.4 Å². The smallest absolute Gasteiger partial charge is 0.0431 e. The van der Waals surface area contributed by atoms with E-state index in [1.807, 2.05) is 0 Å². The van der Waals surface area contributed by atoms with Gasteiger partial charge in [-0.25, -0.2) is 0 Å². The van der Waals surface area contributed by atoms with Crippen LogP contribution in [0.25, 0.3) is 0 Å². The summed E-state index contributed by atoms with van der Waals surface area (Å²) in [4.78, 5) is 0. The zero-order chi connectivity index (χ0) is 13.4. The van der Waals surface area contributed by atoms with E-state index >= 15 is 0 Å². The first-order valence-electron chi connectivity index (χ1n) is 7.74. The van der Waals surface area contributed by atoms with Crippen molar-refractivity contribution >= 4 is 0 Å². The number of hydrogen-bond donors (Lipinski definition) is 3. The van der Waals surface area contributed by atoms with E-state index in [1.165, 1.54) is 38.5 Å². The highest BCUT2D eigenvalue weighted by Crippen LogP contribution is 2.34. The summed E-state index contributed by atoms with van der Waals surface area (Å²) in [6.07, 6.45) is 9.69. The van der Waals surface area contributed by atoms with Gasteiger partial charge in [0.1, 0.15) is 0 Å². The quantitative estimate of drug-likeness (QED) is 0.625. The predicted molar refractivity (Wildman–Crippen MR) is 77.6 cm³/mol. The summed E-state index contributed by atoms with van der Waals surface area (Å²) < 4.78 is 0. The minimum Gasteiger partial charge on any atom is -0.396 e. The third-order valence-electron chi connectivity index (χ3n) is 4.50. The van der Waals surface area contributed by atoms with Crippen LogP contribution in [-0.4, -0.2) is 29.8 Å². The first kappa shape index (κ1) is 15.9. The summed E-state index contributed by atoms with van der Waals surface area (Å²) in [5.74, 6) is 0.921. The van der Waals surface area contributed by atoms with Crippen molar-refractivity contribution in [2.24, 2.45) is 11.7 Å². The third kappa shape index (κ3) is 4.87. The minimum atomic E-state index is 0.166. The van der Waals surface area contributed by atoms with Crippen LogP contribution in [0.15, 0.2) is 0 Å². The van der Waals surface area contributed by atoms with Crippen molar-refractivity contribution in [3.05, 3.63) is 0 Å². The molecule has 1 aliphatic rings. The van der Waals surface area contributed by atoms with Gasteiger partial charge in [-0.15, -0.1) is 0 Å². The normalized spacial score (nSPS) is 30.3. The molecule has 0 spiro atoms. The largest absolute Gasteiger partial charge is 0.396 e. The van der Waals surface area contributed by atoms with Crippen LogP contribution in [-0.2, 0) is 0 Å². The molecule has 0 saturated heterocycles. The average Bonchev–Trinajstić information content (AvgIpc) is 2.39. The van der Waals surface area contributed by atoms with Crippen molar-refractivity contribution in [3.8, 4) is 0 Å². The molecule has 0 amide bonds. The van der Waals surface area contributed by atoms with Crippen molar-refractivity contribution in [1.82, 2.24) is 5.32 Å². The second kappa shape index (κ2) is 8.13. The Kier molecular flexibility index (Phi) is 7.20. The lowest BCUT2D eigenvalue weighted by atomic mass is 9.74. The Morgan fingerprint density at radius 2 is 2.06 bits per heavy atom. The van der Waals surface area contributed by atoms with Gasteiger partial charge in [0.25, 0.3) is 0 Å². The van der Waals surface area contributed by atoms with Crippen LogP contribution in [0, 0.1) is 5.92 Å². The Labute approximate surface area is 113 Å². The summed E-state index contributed by atoms with van der Waals surface area (Å²) in [5.41, 5.74) is 6.19. The molecule has 0 bridgehead atoms. The van der Waals surface area contributed by atoms with Crippen molar-refractivity contribution in [2.75, 3.05) is 13.2 Å². The van der Waals surface area contributed by atoms with E-state index in [2.05, 4.69) is 19.2 Å². The summed E-state index contributed by atoms with van der Waals surface area (Å²) in [7, 11) is 0. The van der Waals surface area contributed by atoms with Crippen LogP contribution in [0.1, 0.15) is 65.2 Å². The molecule has 0 aromatic rings. The van der Waals surface area contributed by atoms with E-state index in [-0.39, 0.29) is 5.54 Å². The zero-order valence-electron chi connectivity index (χ0n) is 12.3. The summed E-state index contributed by atoms with van der Waals surface area (Å²) in [6, 6.07) is 0.462. The molecule has 4 N–H and O–H groups in total. The summed E-state index contributed by atoms with van der Waals surface area (Å²) in [6.45, 7) is 5.53. The van der Waals surface area contributed by atoms with E-state index in [4.69, 9.17) is 10.8 Å². The van der Waals surface area contributed by atoms with E-state index in [9.17, 15) is 0 Å². The Morgan fingerprint density at radius 3 is 2.56 bits per heavy atom. The molecular formula is C15H32N2O. The van der Waals surface area contributed by atoms with E-state index in [1.54, 1.807) is 0 Å². The number of aliphatic hydroxyl groups excluding tert-OH is 1. The van der Waals surface area contributed by atoms with Gasteiger partial charge in [-0.2, -0.15) is 0 Å². The maximum Gasteiger partial charge on any atom is 0.0431 e. The lowest BCUT2D eigenvalue weighted by molar-refractivity contribution is 0.168. The van der Waals surface area contributed by atoms with E-state index < -0.39 is 0 Å². The lowest BCUT2D eigenvalue weighted by Crippen LogP contribution is -2.56. The molecule has 1 unspecified atom stereocenters. The molecule has 0 heterocycles. The van der Waals surface area contributed by atoms with Crippen LogP contribution in [0.3, 0.4) is 0 Å². The van der Waals surface area contributed by atoms with Gasteiger partial charge in [0.05, 0.1) is 0 Å². The Hall–Kier alpha value is -0.120. The molecule has 108 valence electrons. The molecule has 1 saturated carbocycles. The minimum absolute atomic E-state index is 0.166. The molecule has 1 rings (SSSR count). The van der Waals surface area contributed by atoms with Crippen molar-refractivity contribution in [1.29, 1.82) is 0 Å². The number of hydrogen-bond acceptors (Lipinski definition) is 3. The molecular weight excluding hydrogens is 224 g/mol. The maximum absolute atomic E-state index is 8.88. The molecule has 1 aliphatic carbocycles. The van der Waals surface area contributed by atoms with Gasteiger partial charge in [-0.1, -0.05) is 19.8 Å². The fourth-order valence-electron chi connectivity index (χ4n) is 3.33. The predicted octanol–water partition coefficient (Wildman–Crippen LogP) is 2.42. The Balaban J connectivity index is 2.40. The highest BCUT2D eigenvalue weighted by atomic mass is 16.2. The monoisotopic (exact) mass is 256 g/mol. The Morgan fingerprint density at radius 1 is 1.39 bits per heavy atom. The first-order chi connectivity index (χ1) is 8.65. The van der Waals surface area contributed by atoms with Crippen LogP contribution in [0.4, 0.5) is 0 Å². The molecule has 3 nitrogen and oxygen atoms in total. The second-order valence-electron chi connectivity index (χ2n) is 6.13. The Bertz CT molecular complexity index is 213. The molecule has 1 fully saturated rings. The molecule has 3 heteroatoms. The molecule has 1 atom stereocenters. The average molecular weight is 256 g/mol. The fraction of sp³-hybridized carbons (Fsp3) is 1.00. The van der Waals surface area contributed by atoms with Crippen molar-refractivity contribution in [2.45, 2.75) is 76.8 Å². The van der Waals surface area contributed by atoms with E-state index in [0.717, 1.165) is 25.3 Å². The number of nitrogens with two attached hydrogens (primary N) is 1. The SMILES string of the molecule is CCCC1CCC(CN)(NC(C)CCCO)CC1. The van der Waals surface area contributed by atoms with E-state index in [0.29, 0.717) is 12.6 Å². The first-order valence-corrected chi connectivity index (χ1v) is 7.74. The van der Waals surface area contributed by atoms with Crippen molar-refractivity contribution in [3.63, 3.8) is 0 Å². The number of nitrogens with one attached hydrogen (secondary N) is 1. The van der Waals surface area contributed by atoms with Gasteiger partial charge in [0, 0.05) is 24.7 Å². The van der Waals surface area contributed by atoms with Gasteiger partial charge in [-0.3, -0.25) is 0 Å². The van der Waals surface area contributed by atoms with Gasteiger partial charge in [0.15, 0.2) is 0 Å². The van der Waals surface area contributed by atoms with Gasteiger partial charge in [0.2, 0.25) is 0 Å². The topological polar surface area (TPSA) is 58.3 Å². The number of rotatable bonds is 8. The lowest BCUT2D eigenvalue weighted by Gasteiger charge is -2.42. The number of aliphatic hydroxyl groups is 1. The highest BCUT2D eigenvalue weighted by molar-refractivity contribution is 4.95. The molecule has 0 radical (unpaired) electrons. The van der Waals surface area contributed by atoms with Crippen LogP contribution >= 0.6 is 0 Å². The van der Waals surface area contributed by atoms with Crippen LogP contribution in [0.5, 0.6) is 0 Å². The summed E-state index contributed by atoms with van der Waals surface area (Å²) in [5, 5.41) is 12.6. The zero-order valence-corrected chi connectivity index (χ0v) is 12.3. The van der Waals surface area contributed by atoms with Crippen LogP contribution in [0.2, 0.25) is 0 Å². The molecule has 0 aliphatic heterocycles. The third-order valence-corrected chi connectivity index (χ3v) is 4.50. The highest BCUT2D eigenvalue weighted by Gasteiger charge is 2.34. The van der Waals surface area contributed by atoms with Crippen molar-refractivity contribution < 1.29 is 5.11 Å². The molecule has 0 aromatic heterocycles. The maximum atomic E-state index is 8.88. The fourth-order valence-corrected chi connectivity index (χ4v) is 3.33. The van der Waals surface area contributed by atoms with Gasteiger partial charge >= 0.3 is 0 Å². The molecule has 0 aromatic carbocycles. The standard InChI is InChI=1S/C15H32N2O/c1-3-5-14-7-9-15(12-16,10-8-14)17-13(2)6-4-11-18/h13-14,17-18H,3-12,16H2,1-2H3. The van der Waals surface area contributed by atoms with Crippen LogP contribution < -0.4 is 11.1 Å². The summed E-state index contributed by atoms with van der Waals surface area (Å²) >= 11 is 0. The van der Waals surface area contributed by atoms with Gasteiger partial charge < -0.3 is 16.2 Å².